The van der Waals surface area contributed by atoms with Gasteiger partial charge in [-0.15, -0.1) is 0 Å². The fourth-order valence-corrected chi connectivity index (χ4v) is 2.78. The van der Waals surface area contributed by atoms with Gasteiger partial charge in [0.2, 0.25) is 0 Å². The molecule has 1 N–H and O–H groups in total. The van der Waals surface area contributed by atoms with Gasteiger partial charge in [0, 0.05) is 0 Å². The number of allylic oxidation sites excluding steroid dienone is 2. The van der Waals surface area contributed by atoms with Gasteiger partial charge in [-0.1, -0.05) is 76.9 Å². The molecule has 0 aliphatic rings. The van der Waals surface area contributed by atoms with E-state index in [0.29, 0.717) is 6.61 Å². The molecule has 0 fully saturated rings. The van der Waals surface area contributed by atoms with Crippen molar-refractivity contribution in [2.24, 2.45) is 0 Å². The van der Waals surface area contributed by atoms with Crippen LogP contribution in [-0.2, 0) is 9.09 Å². The van der Waals surface area contributed by atoms with Gasteiger partial charge in [-0.05, 0) is 32.1 Å². The lowest BCUT2D eigenvalue weighted by atomic mass is 10.1. The van der Waals surface area contributed by atoms with E-state index >= 15 is 0 Å². The molecule has 1 radical (unpaired) electrons. The highest BCUT2D eigenvalue weighted by molar-refractivity contribution is 7.32. The molecule has 0 bridgehead atoms. The molecule has 0 aliphatic carbocycles. The van der Waals surface area contributed by atoms with Crippen molar-refractivity contribution in [1.82, 2.24) is 0 Å². The normalized spacial score (nSPS) is 12.2. The molecule has 0 spiro atoms. The minimum absolute atomic E-state index is 0.410. The van der Waals surface area contributed by atoms with E-state index in [1.54, 1.807) is 0 Å². The molecule has 22 heavy (non-hydrogen) atoms. The molecule has 0 saturated heterocycles. The van der Waals surface area contributed by atoms with Crippen LogP contribution in [0.2, 0.25) is 0 Å². The zero-order chi connectivity index (χ0) is 16.3. The number of unbranched alkanes of at least 4 members (excludes halogenated alkanes) is 12. The maximum atomic E-state index is 10.3. The van der Waals surface area contributed by atoms with Crippen molar-refractivity contribution in [2.45, 2.75) is 96.8 Å². The summed E-state index contributed by atoms with van der Waals surface area (Å²) in [6.45, 7) is 2.67. The fourth-order valence-electron chi connectivity index (χ4n) is 2.49. The Labute approximate surface area is 138 Å². The van der Waals surface area contributed by atoms with E-state index in [-0.39, 0.29) is 0 Å². The first kappa shape index (κ1) is 21.8. The van der Waals surface area contributed by atoms with Crippen molar-refractivity contribution in [3.8, 4) is 0 Å². The van der Waals surface area contributed by atoms with Gasteiger partial charge in [0.1, 0.15) is 0 Å². The molecular weight excluding hydrogens is 295 g/mol. The number of hydrogen-bond donors (Lipinski definition) is 1. The van der Waals surface area contributed by atoms with Gasteiger partial charge in [-0.25, -0.2) is 4.57 Å². The third kappa shape index (κ3) is 19.8. The van der Waals surface area contributed by atoms with Gasteiger partial charge in [-0.2, -0.15) is 0 Å². The maximum absolute atomic E-state index is 10.3. The Bertz CT molecular complexity index is 267. The summed E-state index contributed by atoms with van der Waals surface area (Å²) in [4.78, 5) is 8.46. The summed E-state index contributed by atoms with van der Waals surface area (Å²) in [5.74, 6) is 0. The largest absolute Gasteiger partial charge is 0.366 e. The van der Waals surface area contributed by atoms with Crippen molar-refractivity contribution in [1.29, 1.82) is 0 Å². The van der Waals surface area contributed by atoms with Crippen LogP contribution in [0.4, 0.5) is 0 Å². The molecule has 0 aliphatic heterocycles. The van der Waals surface area contributed by atoms with Gasteiger partial charge in [0.25, 0.3) is 0 Å². The summed E-state index contributed by atoms with van der Waals surface area (Å²) in [6, 6.07) is 0. The summed E-state index contributed by atoms with van der Waals surface area (Å²) in [5, 5.41) is 0. The predicted octanol–water partition coefficient (Wildman–Crippen LogP) is 6.69. The smallest absolute Gasteiger partial charge is 0.298 e. The Balaban J connectivity index is 3.06. The lowest BCUT2D eigenvalue weighted by Gasteiger charge is -2.00. The molecule has 0 aromatic heterocycles. The predicted molar refractivity (Wildman–Crippen MR) is 95.2 cm³/mol. The molecule has 0 saturated carbocycles. The van der Waals surface area contributed by atoms with Crippen LogP contribution in [0.1, 0.15) is 96.8 Å². The summed E-state index contributed by atoms with van der Waals surface area (Å²) >= 11 is 0. The first-order chi connectivity index (χ1) is 10.8. The van der Waals surface area contributed by atoms with Crippen LogP contribution in [0.3, 0.4) is 0 Å². The number of hydrogen-bond acceptors (Lipinski definition) is 2. The van der Waals surface area contributed by atoms with E-state index in [2.05, 4.69) is 23.6 Å². The van der Waals surface area contributed by atoms with E-state index in [0.717, 1.165) is 12.8 Å². The summed E-state index contributed by atoms with van der Waals surface area (Å²) < 4.78 is 14.9. The molecule has 1 atom stereocenters. The molecule has 131 valence electrons. The van der Waals surface area contributed by atoms with Crippen molar-refractivity contribution in [3.63, 3.8) is 0 Å². The van der Waals surface area contributed by atoms with E-state index < -0.39 is 8.25 Å². The average Bonchev–Trinajstić information content (AvgIpc) is 2.50. The summed E-state index contributed by atoms with van der Waals surface area (Å²) in [6.07, 6.45) is 22.4. The third-order valence-electron chi connectivity index (χ3n) is 3.86. The van der Waals surface area contributed by atoms with E-state index in [4.69, 9.17) is 4.89 Å². The molecule has 4 heteroatoms. The summed E-state index contributed by atoms with van der Waals surface area (Å²) in [5.41, 5.74) is 0. The second kappa shape index (κ2) is 18.8. The molecular formula is C18H36O3P. The van der Waals surface area contributed by atoms with Gasteiger partial charge < -0.3 is 0 Å². The minimum Gasteiger partial charge on any atom is -0.298 e. The van der Waals surface area contributed by atoms with Gasteiger partial charge in [0.15, 0.2) is 0 Å². The molecule has 0 rings (SSSR count). The highest BCUT2D eigenvalue weighted by Gasteiger charge is 1.95. The second-order valence-electron chi connectivity index (χ2n) is 6.01. The standard InChI is InChI=1S/C18H36O3P/c1-2-3-4-5-6-7-8-9-10-11-12-13-14-15-16-17-18-21-22(19)20/h9-10H,2-8,11-18H2,1H3,(H,19,20)/b10-9-. The minimum atomic E-state index is -2.40. The van der Waals surface area contributed by atoms with Crippen LogP contribution < -0.4 is 0 Å². The molecule has 0 aromatic rings. The Morgan fingerprint density at radius 1 is 0.773 bits per heavy atom. The first-order valence-electron chi connectivity index (χ1n) is 9.21. The fraction of sp³-hybridized carbons (Fsp3) is 0.889. The molecule has 0 heterocycles. The lowest BCUT2D eigenvalue weighted by molar-refractivity contribution is 0.273. The van der Waals surface area contributed by atoms with Crippen molar-refractivity contribution in [2.75, 3.05) is 6.61 Å². The zero-order valence-corrected chi connectivity index (χ0v) is 15.4. The quantitative estimate of drug-likeness (QED) is 0.183. The summed E-state index contributed by atoms with van der Waals surface area (Å²) in [7, 11) is -2.40. The van der Waals surface area contributed by atoms with Crippen molar-refractivity contribution < 1.29 is 14.0 Å². The lowest BCUT2D eigenvalue weighted by Crippen LogP contribution is -1.87. The van der Waals surface area contributed by atoms with Gasteiger partial charge in [0.05, 0.1) is 6.61 Å². The van der Waals surface area contributed by atoms with E-state index in [1.165, 1.54) is 77.0 Å². The van der Waals surface area contributed by atoms with Crippen LogP contribution in [0, 0.1) is 0 Å². The topological polar surface area (TPSA) is 46.5 Å². The van der Waals surface area contributed by atoms with Crippen molar-refractivity contribution in [3.05, 3.63) is 12.2 Å². The van der Waals surface area contributed by atoms with Crippen LogP contribution in [-0.4, -0.2) is 11.5 Å². The SMILES string of the molecule is CCCCCCCC/C=C\CCCCCCCCO[P](=O)O. The Morgan fingerprint density at radius 2 is 1.23 bits per heavy atom. The third-order valence-corrected chi connectivity index (χ3v) is 4.26. The molecule has 0 aromatic carbocycles. The van der Waals surface area contributed by atoms with Crippen LogP contribution in [0.5, 0.6) is 0 Å². The highest BCUT2D eigenvalue weighted by Crippen LogP contribution is 2.16. The number of rotatable bonds is 17. The average molecular weight is 331 g/mol. The van der Waals surface area contributed by atoms with E-state index in [9.17, 15) is 4.57 Å². The molecule has 3 nitrogen and oxygen atoms in total. The van der Waals surface area contributed by atoms with Crippen LogP contribution in [0.15, 0.2) is 12.2 Å². The Kier molecular flexibility index (Phi) is 18.6. The van der Waals surface area contributed by atoms with Crippen molar-refractivity contribution >= 4 is 8.25 Å². The van der Waals surface area contributed by atoms with Gasteiger partial charge >= 0.3 is 8.25 Å². The zero-order valence-electron chi connectivity index (χ0n) is 14.5. The van der Waals surface area contributed by atoms with E-state index in [1.807, 2.05) is 0 Å². The second-order valence-corrected chi connectivity index (χ2v) is 6.74. The molecule has 1 unspecified atom stereocenters. The Morgan fingerprint density at radius 3 is 1.73 bits per heavy atom. The Hall–Kier alpha value is -0.240. The van der Waals surface area contributed by atoms with Crippen LogP contribution >= 0.6 is 8.25 Å². The van der Waals surface area contributed by atoms with Gasteiger partial charge in [-0.3, -0.25) is 9.42 Å². The monoisotopic (exact) mass is 331 g/mol. The maximum Gasteiger partial charge on any atom is 0.366 e. The molecule has 0 amide bonds. The first-order valence-corrected chi connectivity index (χ1v) is 10.3. The van der Waals surface area contributed by atoms with Crippen LogP contribution in [0.25, 0.3) is 0 Å². The highest BCUT2D eigenvalue weighted by atomic mass is 31.1.